The first-order chi connectivity index (χ1) is 11.5. The van der Waals surface area contributed by atoms with Crippen LogP contribution in [0.15, 0.2) is 30.3 Å². The number of benzene rings is 1. The van der Waals surface area contributed by atoms with Crippen molar-refractivity contribution in [2.45, 2.75) is 69.7 Å². The van der Waals surface area contributed by atoms with Gasteiger partial charge in [-0.05, 0) is 19.4 Å². The molecule has 2 unspecified atom stereocenters. The molecule has 0 saturated carbocycles. The molecule has 138 valence electrons. The third-order valence-electron chi connectivity index (χ3n) is 6.42. The highest BCUT2D eigenvalue weighted by Crippen LogP contribution is 2.44. The van der Waals surface area contributed by atoms with Gasteiger partial charge in [-0.15, -0.1) is 0 Å². The first kappa shape index (κ1) is 20.1. The van der Waals surface area contributed by atoms with E-state index in [4.69, 9.17) is 4.74 Å². The summed E-state index contributed by atoms with van der Waals surface area (Å²) in [6.07, 6.45) is 4.90. The molecule has 1 aromatic rings. The normalized spacial score (nSPS) is 31.9. The smallest absolute Gasteiger partial charge is 0.320 e. The van der Waals surface area contributed by atoms with Crippen molar-refractivity contribution in [2.24, 2.45) is 0 Å². The third kappa shape index (κ3) is 3.68. The van der Waals surface area contributed by atoms with Crippen LogP contribution in [0.1, 0.15) is 51.0 Å². The van der Waals surface area contributed by atoms with Crippen LogP contribution < -0.4 is 17.0 Å². The van der Waals surface area contributed by atoms with Gasteiger partial charge < -0.3 is 31.0 Å². The van der Waals surface area contributed by atoms with Crippen molar-refractivity contribution in [1.82, 2.24) is 0 Å². The van der Waals surface area contributed by atoms with Crippen LogP contribution in [0.4, 0.5) is 0 Å². The van der Waals surface area contributed by atoms with Crippen molar-refractivity contribution in [3.8, 4) is 0 Å². The van der Waals surface area contributed by atoms with Crippen molar-refractivity contribution in [3.05, 3.63) is 35.9 Å². The Bertz CT molecular complexity index is 590. The number of carbonyl (C=O) groups is 2. The minimum atomic E-state index is -0.809. The number of fused-ring (bicyclic) bond motifs is 2. The Morgan fingerprint density at radius 2 is 1.72 bits per heavy atom. The summed E-state index contributed by atoms with van der Waals surface area (Å²) in [5, 5.41) is 0. The lowest BCUT2D eigenvalue weighted by Crippen LogP contribution is -3.00. The topological polar surface area (TPSA) is 43.4 Å². The Kier molecular flexibility index (Phi) is 6.44. The second-order valence-corrected chi connectivity index (χ2v) is 7.76. The first-order valence-corrected chi connectivity index (χ1v) is 9.03. The monoisotopic (exact) mass is 409 g/mol. The molecule has 2 aliphatic rings. The van der Waals surface area contributed by atoms with E-state index in [1.807, 2.05) is 18.2 Å². The molecule has 0 aliphatic carbocycles. The van der Waals surface area contributed by atoms with Gasteiger partial charge in [-0.3, -0.25) is 4.79 Å². The van der Waals surface area contributed by atoms with E-state index in [9.17, 15) is 9.59 Å². The van der Waals surface area contributed by atoms with Gasteiger partial charge in [-0.1, -0.05) is 30.3 Å². The molecule has 0 radical (unpaired) electrons. The molecule has 5 atom stereocenters. The average molecular weight is 410 g/mol. The lowest BCUT2D eigenvalue weighted by atomic mass is 9.94. The zero-order chi connectivity index (χ0) is 17.3. The number of hydrogen-bond acceptors (Lipinski definition) is 3. The summed E-state index contributed by atoms with van der Waals surface area (Å²) < 4.78 is 6.87. The highest BCUT2D eigenvalue weighted by molar-refractivity contribution is 5.94. The predicted octanol–water partition coefficient (Wildman–Crippen LogP) is 0.0647. The van der Waals surface area contributed by atoms with Gasteiger partial charge in [-0.25, -0.2) is 0 Å². The summed E-state index contributed by atoms with van der Waals surface area (Å²) in [6, 6.07) is 10.9. The van der Waals surface area contributed by atoms with E-state index < -0.39 is 11.9 Å². The van der Waals surface area contributed by atoms with Gasteiger partial charge in [0, 0.05) is 25.7 Å². The molecule has 4 nitrogen and oxygen atoms in total. The number of halogens is 1. The number of rotatable bonds is 5. The Morgan fingerprint density at radius 3 is 2.20 bits per heavy atom. The minimum Gasteiger partial charge on any atom is -1.00 e. The summed E-state index contributed by atoms with van der Waals surface area (Å²) in [5.74, 6) is -1.21. The molecule has 0 N–H and O–H groups in total. The Morgan fingerprint density at radius 1 is 1.16 bits per heavy atom. The van der Waals surface area contributed by atoms with Gasteiger partial charge >= 0.3 is 5.97 Å². The van der Waals surface area contributed by atoms with Crippen molar-refractivity contribution >= 4 is 12.3 Å². The maximum absolute atomic E-state index is 12.5. The van der Waals surface area contributed by atoms with Crippen LogP contribution in [0.3, 0.4) is 0 Å². The highest BCUT2D eigenvalue weighted by Gasteiger charge is 2.53. The van der Waals surface area contributed by atoms with E-state index in [1.165, 1.54) is 12.8 Å². The highest BCUT2D eigenvalue weighted by atomic mass is 79.9. The van der Waals surface area contributed by atoms with Crippen molar-refractivity contribution < 1.29 is 35.8 Å². The molecule has 2 aliphatic heterocycles. The van der Waals surface area contributed by atoms with E-state index in [-0.39, 0.29) is 23.1 Å². The molecule has 0 aromatic heterocycles. The van der Waals surface area contributed by atoms with Crippen LogP contribution in [-0.4, -0.2) is 48.0 Å². The Labute approximate surface area is 160 Å². The predicted molar refractivity (Wildman–Crippen MR) is 92.5 cm³/mol. The zero-order valence-corrected chi connectivity index (χ0v) is 16.8. The van der Waals surface area contributed by atoms with E-state index in [0.29, 0.717) is 30.0 Å². The summed E-state index contributed by atoms with van der Waals surface area (Å²) in [6.45, 7) is 4.57. The van der Waals surface area contributed by atoms with Crippen molar-refractivity contribution in [3.63, 3.8) is 0 Å². The molecule has 2 fully saturated rings. The van der Waals surface area contributed by atoms with Crippen LogP contribution >= 0.6 is 0 Å². The molecule has 0 spiro atoms. The molecular formula is C20H28BrNO3. The molecule has 3 rings (SSSR count). The summed E-state index contributed by atoms with van der Waals surface area (Å²) in [5.41, 5.74) is 0.707. The van der Waals surface area contributed by atoms with Gasteiger partial charge in [0.05, 0.1) is 25.2 Å². The lowest BCUT2D eigenvalue weighted by molar-refractivity contribution is -0.968. The minimum absolute atomic E-state index is 0. The molecule has 2 bridgehead atoms. The number of nitrogens with zero attached hydrogens (tertiary/aromatic N) is 1. The van der Waals surface area contributed by atoms with Crippen molar-refractivity contribution in [1.29, 1.82) is 0 Å². The van der Waals surface area contributed by atoms with Gasteiger partial charge in [0.15, 0.2) is 0 Å². The largest absolute Gasteiger partial charge is 1.00 e. The summed E-state index contributed by atoms with van der Waals surface area (Å²) in [7, 11) is 2.35. The summed E-state index contributed by atoms with van der Waals surface area (Å²) >= 11 is 0. The van der Waals surface area contributed by atoms with Crippen LogP contribution in [0.25, 0.3) is 0 Å². The van der Waals surface area contributed by atoms with E-state index >= 15 is 0 Å². The molecule has 1 aromatic carbocycles. The lowest BCUT2D eigenvalue weighted by Gasteiger charge is -2.49. The van der Waals surface area contributed by atoms with Gasteiger partial charge in [0.2, 0.25) is 0 Å². The van der Waals surface area contributed by atoms with Crippen LogP contribution in [0.2, 0.25) is 0 Å². The van der Waals surface area contributed by atoms with Crippen molar-refractivity contribution in [2.75, 3.05) is 7.05 Å². The number of piperidine rings is 1. The maximum atomic E-state index is 12.5. The number of aldehydes is 1. The average Bonchev–Trinajstić information content (AvgIpc) is 2.74. The van der Waals surface area contributed by atoms with Crippen LogP contribution in [0, 0.1) is 0 Å². The zero-order valence-electron chi connectivity index (χ0n) is 15.2. The fourth-order valence-electron chi connectivity index (χ4n) is 4.74. The quantitative estimate of drug-likeness (QED) is 0.299. The van der Waals surface area contributed by atoms with Gasteiger partial charge in [-0.2, -0.15) is 0 Å². The molecule has 2 heterocycles. The fraction of sp³-hybridized carbons (Fsp3) is 0.600. The number of ether oxygens (including phenoxy) is 1. The third-order valence-corrected chi connectivity index (χ3v) is 6.42. The second-order valence-electron chi connectivity index (χ2n) is 7.76. The Balaban J connectivity index is 0.00000225. The number of hydrogen-bond donors (Lipinski definition) is 0. The van der Waals surface area contributed by atoms with Crippen LogP contribution in [0.5, 0.6) is 0 Å². The van der Waals surface area contributed by atoms with E-state index in [2.05, 4.69) is 20.9 Å². The molecule has 2 saturated heterocycles. The fourth-order valence-corrected chi connectivity index (χ4v) is 4.74. The molecule has 0 amide bonds. The molecule has 5 heteroatoms. The van der Waals surface area contributed by atoms with Gasteiger partial charge in [0.25, 0.3) is 0 Å². The van der Waals surface area contributed by atoms with Gasteiger partial charge in [0.1, 0.15) is 18.3 Å². The number of quaternary nitrogens is 1. The standard InChI is InChI=1S/C20H28NO3.BrH/c1-14(2)21(3)16-9-10-17(21)12-18(11-16)24-20(23)19(13-22)15-7-5-4-6-8-15;/h4-8,13-14,16-19H,9-12H2,1-3H3;1H/q+1;/p-1/t16-,17+,18?,19-,21?;/m0./s1. The molecular weight excluding hydrogens is 382 g/mol. The van der Waals surface area contributed by atoms with E-state index in [1.54, 1.807) is 12.1 Å². The summed E-state index contributed by atoms with van der Waals surface area (Å²) in [4.78, 5) is 23.9. The molecule has 25 heavy (non-hydrogen) atoms. The number of carbonyl (C=O) groups excluding carboxylic acids is 2. The second kappa shape index (κ2) is 8.00. The van der Waals surface area contributed by atoms with Crippen LogP contribution in [-0.2, 0) is 14.3 Å². The SMILES string of the molecule is CC(C)[N+]1(C)[C@@H]2CC[C@H]1CC(OC(=O)[C@@H](C=O)c1ccccc1)C2.[Br-]. The maximum Gasteiger partial charge on any atom is 0.320 e. The number of esters is 1. The van der Waals surface area contributed by atoms with E-state index in [0.717, 1.165) is 17.3 Å². The first-order valence-electron chi connectivity index (χ1n) is 9.03. The Hall–Kier alpha value is -1.20.